The highest BCUT2D eigenvalue weighted by Gasteiger charge is 2.12. The van der Waals surface area contributed by atoms with E-state index in [1.165, 1.54) is 6.07 Å². The standard InChI is InChI=1S/C15H24FNO3/c1-4-19-9-13(18)10-20-15-12(8-17-11(2)3)6-5-7-14(15)16/h5-7,11,13,17-18H,4,8-10H2,1-3H3. The van der Waals surface area contributed by atoms with Gasteiger partial charge in [-0.2, -0.15) is 0 Å². The number of hydrogen-bond acceptors (Lipinski definition) is 4. The first-order valence-electron chi connectivity index (χ1n) is 6.94. The molecule has 0 saturated heterocycles. The zero-order valence-electron chi connectivity index (χ0n) is 12.4. The number of aliphatic hydroxyl groups is 1. The molecule has 1 unspecified atom stereocenters. The van der Waals surface area contributed by atoms with Crippen LogP contribution in [-0.4, -0.2) is 37.1 Å². The van der Waals surface area contributed by atoms with E-state index in [0.29, 0.717) is 19.2 Å². The predicted molar refractivity (Wildman–Crippen MR) is 76.4 cm³/mol. The van der Waals surface area contributed by atoms with Crippen LogP contribution in [0, 0.1) is 5.82 Å². The van der Waals surface area contributed by atoms with Crippen LogP contribution in [0.5, 0.6) is 5.75 Å². The number of nitrogens with one attached hydrogen (secondary N) is 1. The van der Waals surface area contributed by atoms with Gasteiger partial charge in [-0.15, -0.1) is 0 Å². The summed E-state index contributed by atoms with van der Waals surface area (Å²) in [5.74, 6) is -0.229. The molecule has 1 aromatic carbocycles. The Morgan fingerprint density at radius 1 is 1.30 bits per heavy atom. The first-order chi connectivity index (χ1) is 9.54. The zero-order chi connectivity index (χ0) is 15.0. The van der Waals surface area contributed by atoms with Crippen molar-refractivity contribution in [3.05, 3.63) is 29.6 Å². The van der Waals surface area contributed by atoms with Gasteiger partial charge in [0.05, 0.1) is 6.61 Å². The molecule has 1 atom stereocenters. The average molecular weight is 285 g/mol. The Hall–Kier alpha value is -1.17. The summed E-state index contributed by atoms with van der Waals surface area (Å²) in [6.45, 7) is 7.13. The molecule has 0 radical (unpaired) electrons. The summed E-state index contributed by atoms with van der Waals surface area (Å²) in [5.41, 5.74) is 0.738. The maximum Gasteiger partial charge on any atom is 0.165 e. The number of aliphatic hydroxyl groups excluding tert-OH is 1. The summed E-state index contributed by atoms with van der Waals surface area (Å²) in [5, 5.41) is 12.9. The number of halogens is 1. The lowest BCUT2D eigenvalue weighted by Gasteiger charge is -2.16. The topological polar surface area (TPSA) is 50.7 Å². The first kappa shape index (κ1) is 16.9. The van der Waals surface area contributed by atoms with Crippen LogP contribution in [0.1, 0.15) is 26.3 Å². The fraction of sp³-hybridized carbons (Fsp3) is 0.600. The predicted octanol–water partition coefficient (Wildman–Crippen LogP) is 2.10. The van der Waals surface area contributed by atoms with Crippen molar-refractivity contribution in [1.82, 2.24) is 5.32 Å². The molecule has 0 spiro atoms. The summed E-state index contributed by atoms with van der Waals surface area (Å²) in [6, 6.07) is 5.11. The molecule has 0 aliphatic rings. The van der Waals surface area contributed by atoms with Gasteiger partial charge in [0.25, 0.3) is 0 Å². The maximum atomic E-state index is 13.8. The van der Waals surface area contributed by atoms with Crippen molar-refractivity contribution < 1.29 is 19.0 Å². The second-order valence-corrected chi connectivity index (χ2v) is 4.89. The third kappa shape index (κ3) is 5.86. The lowest BCUT2D eigenvalue weighted by atomic mass is 10.2. The molecule has 2 N–H and O–H groups in total. The SMILES string of the molecule is CCOCC(O)COc1c(F)cccc1CNC(C)C. The van der Waals surface area contributed by atoms with E-state index in [-0.39, 0.29) is 19.0 Å². The molecule has 20 heavy (non-hydrogen) atoms. The van der Waals surface area contributed by atoms with Crippen molar-refractivity contribution in [3.8, 4) is 5.75 Å². The van der Waals surface area contributed by atoms with Crippen molar-refractivity contribution in [1.29, 1.82) is 0 Å². The van der Waals surface area contributed by atoms with Crippen molar-refractivity contribution in [2.75, 3.05) is 19.8 Å². The van der Waals surface area contributed by atoms with Gasteiger partial charge in [-0.1, -0.05) is 26.0 Å². The van der Waals surface area contributed by atoms with Gasteiger partial charge in [0.1, 0.15) is 12.7 Å². The third-order valence-corrected chi connectivity index (χ3v) is 2.68. The highest BCUT2D eigenvalue weighted by atomic mass is 19.1. The van der Waals surface area contributed by atoms with Gasteiger partial charge in [-0.05, 0) is 13.0 Å². The molecule has 0 aliphatic carbocycles. The quantitative estimate of drug-likeness (QED) is 0.729. The molecule has 1 rings (SSSR count). The van der Waals surface area contributed by atoms with E-state index in [1.807, 2.05) is 26.8 Å². The Balaban J connectivity index is 2.62. The van der Waals surface area contributed by atoms with E-state index in [1.54, 1.807) is 6.07 Å². The van der Waals surface area contributed by atoms with Crippen LogP contribution >= 0.6 is 0 Å². The summed E-state index contributed by atoms with van der Waals surface area (Å²) in [6.07, 6.45) is -0.763. The van der Waals surface area contributed by atoms with Crippen LogP contribution in [0.25, 0.3) is 0 Å². The van der Waals surface area contributed by atoms with Crippen LogP contribution in [0.4, 0.5) is 4.39 Å². The largest absolute Gasteiger partial charge is 0.487 e. The Labute approximate surface area is 119 Å². The second-order valence-electron chi connectivity index (χ2n) is 4.89. The van der Waals surface area contributed by atoms with Crippen LogP contribution in [0.2, 0.25) is 0 Å². The lowest BCUT2D eigenvalue weighted by molar-refractivity contribution is 0.0154. The van der Waals surface area contributed by atoms with Gasteiger partial charge in [0, 0.05) is 24.8 Å². The van der Waals surface area contributed by atoms with Crippen molar-refractivity contribution >= 4 is 0 Å². The molecular formula is C15H24FNO3. The highest BCUT2D eigenvalue weighted by molar-refractivity contribution is 5.35. The minimum atomic E-state index is -0.763. The maximum absolute atomic E-state index is 13.8. The number of hydrogen-bond donors (Lipinski definition) is 2. The average Bonchev–Trinajstić information content (AvgIpc) is 2.41. The molecule has 4 nitrogen and oxygen atoms in total. The monoisotopic (exact) mass is 285 g/mol. The van der Waals surface area contributed by atoms with Gasteiger partial charge in [-0.25, -0.2) is 4.39 Å². The van der Waals surface area contributed by atoms with Gasteiger partial charge in [0.2, 0.25) is 0 Å². The summed E-state index contributed by atoms with van der Waals surface area (Å²) in [4.78, 5) is 0. The molecule has 0 fully saturated rings. The smallest absolute Gasteiger partial charge is 0.165 e. The van der Waals surface area contributed by atoms with E-state index in [2.05, 4.69) is 5.32 Å². The minimum absolute atomic E-state index is 0.00954. The molecule has 0 heterocycles. The molecule has 0 amide bonds. The number of para-hydroxylation sites is 1. The zero-order valence-corrected chi connectivity index (χ0v) is 12.4. The Morgan fingerprint density at radius 2 is 2.05 bits per heavy atom. The molecule has 0 aliphatic heterocycles. The van der Waals surface area contributed by atoms with Crippen LogP contribution in [0.3, 0.4) is 0 Å². The van der Waals surface area contributed by atoms with Gasteiger partial charge in [-0.3, -0.25) is 0 Å². The van der Waals surface area contributed by atoms with Crippen LogP contribution in [0.15, 0.2) is 18.2 Å². The van der Waals surface area contributed by atoms with E-state index < -0.39 is 11.9 Å². The molecule has 1 aromatic rings. The fourth-order valence-electron chi connectivity index (χ4n) is 1.65. The Bertz CT molecular complexity index is 399. The normalized spacial score (nSPS) is 12.7. The second kappa shape index (κ2) is 8.89. The molecular weight excluding hydrogens is 261 g/mol. The van der Waals surface area contributed by atoms with Gasteiger partial charge >= 0.3 is 0 Å². The van der Waals surface area contributed by atoms with E-state index >= 15 is 0 Å². The van der Waals surface area contributed by atoms with Crippen molar-refractivity contribution in [2.24, 2.45) is 0 Å². The van der Waals surface area contributed by atoms with Gasteiger partial charge < -0.3 is 19.9 Å². The third-order valence-electron chi connectivity index (χ3n) is 2.68. The molecule has 114 valence electrons. The Morgan fingerprint density at radius 3 is 2.70 bits per heavy atom. The van der Waals surface area contributed by atoms with Crippen molar-refractivity contribution in [2.45, 2.75) is 39.5 Å². The van der Waals surface area contributed by atoms with Crippen molar-refractivity contribution in [3.63, 3.8) is 0 Å². The van der Waals surface area contributed by atoms with Gasteiger partial charge in [0.15, 0.2) is 11.6 Å². The fourth-order valence-corrected chi connectivity index (χ4v) is 1.65. The van der Waals surface area contributed by atoms with E-state index in [4.69, 9.17) is 9.47 Å². The molecule has 5 heteroatoms. The molecule has 0 bridgehead atoms. The Kier molecular flexibility index (Phi) is 7.51. The molecule has 0 saturated carbocycles. The summed E-state index contributed by atoms with van der Waals surface area (Å²) >= 11 is 0. The number of benzene rings is 1. The first-order valence-corrected chi connectivity index (χ1v) is 6.94. The number of rotatable bonds is 9. The van der Waals surface area contributed by atoms with Crippen LogP contribution in [-0.2, 0) is 11.3 Å². The molecule has 0 aromatic heterocycles. The summed E-state index contributed by atoms with van der Waals surface area (Å²) < 4.78 is 24.3. The minimum Gasteiger partial charge on any atom is -0.487 e. The highest BCUT2D eigenvalue weighted by Crippen LogP contribution is 2.23. The van der Waals surface area contributed by atoms with E-state index in [9.17, 15) is 9.50 Å². The van der Waals surface area contributed by atoms with Crippen LogP contribution < -0.4 is 10.1 Å². The summed E-state index contributed by atoms with van der Waals surface area (Å²) in [7, 11) is 0. The lowest BCUT2D eigenvalue weighted by Crippen LogP contribution is -2.25. The number of ether oxygens (including phenoxy) is 2. The van der Waals surface area contributed by atoms with E-state index in [0.717, 1.165) is 5.56 Å².